The zero-order chi connectivity index (χ0) is 19.2. The molecule has 0 aliphatic carbocycles. The Morgan fingerprint density at radius 1 is 1.15 bits per heavy atom. The van der Waals surface area contributed by atoms with E-state index in [2.05, 4.69) is 4.98 Å². The fraction of sp³-hybridized carbons (Fsp3) is 0.158. The van der Waals surface area contributed by atoms with Gasteiger partial charge in [0.2, 0.25) is 5.58 Å². The van der Waals surface area contributed by atoms with E-state index in [0.29, 0.717) is 16.5 Å². The van der Waals surface area contributed by atoms with Crippen molar-refractivity contribution in [1.82, 2.24) is 9.55 Å². The first kappa shape index (κ1) is 17.3. The highest BCUT2D eigenvalue weighted by Crippen LogP contribution is 2.31. The van der Waals surface area contributed by atoms with Crippen molar-refractivity contribution in [3.63, 3.8) is 0 Å². The van der Waals surface area contributed by atoms with Crippen molar-refractivity contribution in [3.05, 3.63) is 76.3 Å². The van der Waals surface area contributed by atoms with Gasteiger partial charge in [-0.2, -0.15) is 13.2 Å². The molecule has 2 aromatic heterocycles. The molecule has 0 radical (unpaired) electrons. The third kappa shape index (κ3) is 3.08. The van der Waals surface area contributed by atoms with Gasteiger partial charge in [-0.05, 0) is 29.8 Å². The molecule has 0 saturated heterocycles. The van der Waals surface area contributed by atoms with Crippen LogP contribution in [0.1, 0.15) is 17.2 Å². The second-order valence-electron chi connectivity index (χ2n) is 6.12. The van der Waals surface area contributed by atoms with E-state index in [1.807, 2.05) is 0 Å². The molecule has 0 aliphatic heterocycles. The van der Waals surface area contributed by atoms with Crippen molar-refractivity contribution in [2.75, 3.05) is 0 Å². The number of rotatable bonds is 3. The van der Waals surface area contributed by atoms with Crippen molar-refractivity contribution < 1.29 is 22.7 Å². The topological polar surface area (TPSA) is 68.3 Å². The Kier molecular flexibility index (Phi) is 4.00. The van der Waals surface area contributed by atoms with Crippen molar-refractivity contribution in [3.8, 4) is 0 Å². The molecule has 2 aromatic carbocycles. The number of furan rings is 1. The number of halogens is 3. The molecule has 8 heteroatoms. The second kappa shape index (κ2) is 6.24. The quantitative estimate of drug-likeness (QED) is 0.591. The van der Waals surface area contributed by atoms with Gasteiger partial charge < -0.3 is 9.52 Å². The summed E-state index contributed by atoms with van der Waals surface area (Å²) < 4.78 is 45.2. The minimum absolute atomic E-state index is 0.0370. The van der Waals surface area contributed by atoms with E-state index < -0.39 is 23.4 Å². The van der Waals surface area contributed by atoms with E-state index >= 15 is 0 Å². The summed E-state index contributed by atoms with van der Waals surface area (Å²) in [7, 11) is 0. The summed E-state index contributed by atoms with van der Waals surface area (Å²) in [6.07, 6.45) is -4.57. The number of hydrogen-bond acceptors (Lipinski definition) is 4. The van der Waals surface area contributed by atoms with E-state index in [0.717, 1.165) is 16.7 Å². The third-order valence-corrected chi connectivity index (χ3v) is 4.32. The van der Waals surface area contributed by atoms with Gasteiger partial charge in [-0.1, -0.05) is 24.3 Å². The Labute approximate surface area is 150 Å². The number of hydrogen-bond donors (Lipinski definition) is 1. The predicted molar refractivity (Wildman–Crippen MR) is 92.2 cm³/mol. The first-order valence-electron chi connectivity index (χ1n) is 8.06. The standard InChI is InChI=1S/C19H13F3N2O3/c20-19(21,22)12-5-3-4-11(8-12)14(25)9-24-10-23-16-13-6-1-2-7-15(13)27-17(16)18(24)26/h1-8,10,14,25H,9H2. The largest absolute Gasteiger partial charge is 0.448 e. The number of para-hydroxylation sites is 1. The molecule has 0 aliphatic rings. The Balaban J connectivity index is 1.70. The van der Waals surface area contributed by atoms with Crippen molar-refractivity contribution in [2.24, 2.45) is 0 Å². The maximum atomic E-state index is 12.8. The maximum Gasteiger partial charge on any atom is 0.416 e. The van der Waals surface area contributed by atoms with E-state index in [-0.39, 0.29) is 17.7 Å². The molecular weight excluding hydrogens is 361 g/mol. The van der Waals surface area contributed by atoms with Gasteiger partial charge in [-0.15, -0.1) is 0 Å². The Hall–Kier alpha value is -3.13. The monoisotopic (exact) mass is 374 g/mol. The lowest BCUT2D eigenvalue weighted by Crippen LogP contribution is -2.23. The van der Waals surface area contributed by atoms with Crippen LogP contribution >= 0.6 is 0 Å². The summed E-state index contributed by atoms with van der Waals surface area (Å²) in [4.78, 5) is 16.8. The lowest BCUT2D eigenvalue weighted by molar-refractivity contribution is -0.137. The molecule has 0 spiro atoms. The van der Waals surface area contributed by atoms with Crippen molar-refractivity contribution in [1.29, 1.82) is 0 Å². The van der Waals surface area contributed by atoms with Crippen LogP contribution in [0, 0.1) is 0 Å². The number of benzene rings is 2. The fourth-order valence-electron chi connectivity index (χ4n) is 2.96. The van der Waals surface area contributed by atoms with Gasteiger partial charge in [0.25, 0.3) is 5.56 Å². The Morgan fingerprint density at radius 2 is 1.93 bits per heavy atom. The zero-order valence-corrected chi connectivity index (χ0v) is 13.8. The van der Waals surface area contributed by atoms with Gasteiger partial charge in [0, 0.05) is 5.39 Å². The number of fused-ring (bicyclic) bond motifs is 3. The minimum atomic E-state index is -4.51. The molecule has 27 heavy (non-hydrogen) atoms. The van der Waals surface area contributed by atoms with Crippen LogP contribution in [0.5, 0.6) is 0 Å². The van der Waals surface area contributed by atoms with Crippen molar-refractivity contribution >= 4 is 22.1 Å². The van der Waals surface area contributed by atoms with E-state index in [1.165, 1.54) is 18.5 Å². The first-order valence-corrected chi connectivity index (χ1v) is 8.06. The molecule has 4 aromatic rings. The molecule has 1 atom stereocenters. The van der Waals surface area contributed by atoms with Gasteiger partial charge in [0.15, 0.2) is 0 Å². The number of alkyl halides is 3. The van der Waals surface area contributed by atoms with Gasteiger partial charge >= 0.3 is 6.18 Å². The van der Waals surface area contributed by atoms with Crippen LogP contribution in [-0.4, -0.2) is 14.7 Å². The molecule has 0 bridgehead atoms. The first-order chi connectivity index (χ1) is 12.8. The summed E-state index contributed by atoms with van der Waals surface area (Å²) in [5.41, 5.74) is -0.371. The highest BCUT2D eigenvalue weighted by atomic mass is 19.4. The molecular formula is C19H13F3N2O3. The number of aliphatic hydroxyl groups excluding tert-OH is 1. The Bertz CT molecular complexity index is 1190. The van der Waals surface area contributed by atoms with Crippen LogP contribution in [-0.2, 0) is 12.7 Å². The predicted octanol–water partition coefficient (Wildman–Crippen LogP) is 3.90. The lowest BCUT2D eigenvalue weighted by atomic mass is 10.1. The SMILES string of the molecule is O=c1c2oc3ccccc3c2ncn1CC(O)c1cccc(C(F)(F)F)c1. The molecule has 0 saturated carbocycles. The van der Waals surface area contributed by atoms with E-state index in [9.17, 15) is 23.1 Å². The molecule has 1 N–H and O–H groups in total. The van der Waals surface area contributed by atoms with Gasteiger partial charge in [-0.25, -0.2) is 4.98 Å². The average molecular weight is 374 g/mol. The molecule has 4 rings (SSSR count). The number of aliphatic hydroxyl groups is 1. The van der Waals surface area contributed by atoms with Crippen LogP contribution in [0.2, 0.25) is 0 Å². The molecule has 2 heterocycles. The van der Waals surface area contributed by atoms with Crippen LogP contribution < -0.4 is 5.56 Å². The summed E-state index contributed by atoms with van der Waals surface area (Å²) in [6.45, 7) is -0.250. The third-order valence-electron chi connectivity index (χ3n) is 4.32. The summed E-state index contributed by atoms with van der Waals surface area (Å²) in [5, 5.41) is 11.0. The van der Waals surface area contributed by atoms with Gasteiger partial charge in [-0.3, -0.25) is 9.36 Å². The normalized spacial score (nSPS) is 13.3. The average Bonchev–Trinajstić information content (AvgIpc) is 3.03. The number of aromatic nitrogens is 2. The summed E-state index contributed by atoms with van der Waals surface area (Å²) in [5.74, 6) is 0. The van der Waals surface area contributed by atoms with Gasteiger partial charge in [0.1, 0.15) is 11.1 Å². The molecule has 0 fully saturated rings. The van der Waals surface area contributed by atoms with E-state index in [4.69, 9.17) is 4.42 Å². The van der Waals surface area contributed by atoms with Crippen LogP contribution in [0.4, 0.5) is 13.2 Å². The molecule has 1 unspecified atom stereocenters. The highest BCUT2D eigenvalue weighted by Gasteiger charge is 2.31. The van der Waals surface area contributed by atoms with Crippen molar-refractivity contribution in [2.45, 2.75) is 18.8 Å². The molecule has 5 nitrogen and oxygen atoms in total. The van der Waals surface area contributed by atoms with Crippen LogP contribution in [0.15, 0.2) is 64.1 Å². The Morgan fingerprint density at radius 3 is 2.70 bits per heavy atom. The molecule has 0 amide bonds. The maximum absolute atomic E-state index is 12.8. The smallest absolute Gasteiger partial charge is 0.416 e. The molecule has 138 valence electrons. The van der Waals surface area contributed by atoms with Crippen LogP contribution in [0.3, 0.4) is 0 Å². The minimum Gasteiger partial charge on any atom is -0.448 e. The zero-order valence-electron chi connectivity index (χ0n) is 13.8. The summed E-state index contributed by atoms with van der Waals surface area (Å²) in [6, 6.07) is 11.4. The number of nitrogens with zero attached hydrogens (tertiary/aromatic N) is 2. The van der Waals surface area contributed by atoms with Crippen LogP contribution in [0.25, 0.3) is 22.1 Å². The fourth-order valence-corrected chi connectivity index (χ4v) is 2.96. The van der Waals surface area contributed by atoms with Gasteiger partial charge in [0.05, 0.1) is 24.5 Å². The summed E-state index contributed by atoms with van der Waals surface area (Å²) >= 11 is 0. The highest BCUT2D eigenvalue weighted by molar-refractivity contribution is 6.01. The van der Waals surface area contributed by atoms with E-state index in [1.54, 1.807) is 24.3 Å². The lowest BCUT2D eigenvalue weighted by Gasteiger charge is -2.14. The second-order valence-corrected chi connectivity index (χ2v) is 6.12.